The zero-order valence-corrected chi connectivity index (χ0v) is 12.4. The van der Waals surface area contributed by atoms with Gasteiger partial charge in [-0.1, -0.05) is 32.9 Å². The summed E-state index contributed by atoms with van der Waals surface area (Å²) in [5.74, 6) is 0.177. The number of rotatable bonds is 4. The Morgan fingerprint density at radius 2 is 1.56 bits per heavy atom. The quantitative estimate of drug-likeness (QED) is 0.843. The summed E-state index contributed by atoms with van der Waals surface area (Å²) in [6, 6.07) is 6.64. The van der Waals surface area contributed by atoms with E-state index in [0.717, 1.165) is 5.56 Å². The van der Waals surface area contributed by atoms with E-state index in [0.29, 0.717) is 0 Å². The largest absolute Gasteiger partial charge is 0.508 e. The molecule has 0 radical (unpaired) electrons. The van der Waals surface area contributed by atoms with Crippen molar-refractivity contribution in [3.8, 4) is 5.75 Å². The molecular weight excluding hydrogens is 251 g/mol. The minimum absolute atomic E-state index is 0.177. The lowest BCUT2D eigenvalue weighted by atomic mass is 9.87. The monoisotopic (exact) mass is 272 g/mol. The Morgan fingerprint density at radius 1 is 1.11 bits per heavy atom. The van der Waals surface area contributed by atoms with Crippen molar-refractivity contribution in [1.82, 2.24) is 0 Å². The Hall–Kier alpha value is -0.830. The number of hydrogen-bond donors (Lipinski definition) is 1. The molecule has 0 spiro atoms. The third-order valence-electron chi connectivity index (χ3n) is 2.85. The Kier molecular flexibility index (Phi) is 4.60. The van der Waals surface area contributed by atoms with Crippen molar-refractivity contribution in [2.24, 2.45) is 5.41 Å². The first-order chi connectivity index (χ1) is 8.24. The molecule has 0 amide bonds. The first-order valence-corrected chi connectivity index (χ1v) is 7.36. The molecule has 0 aliphatic heterocycles. The maximum atomic E-state index is 12.7. The van der Waals surface area contributed by atoms with Gasteiger partial charge in [0.15, 0.2) is 0 Å². The van der Waals surface area contributed by atoms with Crippen LogP contribution in [-0.2, 0) is 13.6 Å². The molecule has 1 N–H and O–H groups in total. The Balaban J connectivity index is 3.31. The van der Waals surface area contributed by atoms with Crippen LogP contribution in [0.3, 0.4) is 0 Å². The molecule has 0 aliphatic carbocycles. The van der Waals surface area contributed by atoms with Crippen molar-refractivity contribution < 1.29 is 18.7 Å². The maximum absolute atomic E-state index is 12.7. The van der Waals surface area contributed by atoms with Crippen LogP contribution < -0.4 is 0 Å². The minimum Gasteiger partial charge on any atom is -0.508 e. The number of hydrogen-bond acceptors (Lipinski definition) is 4. The Bertz CT molecular complexity index is 425. The van der Waals surface area contributed by atoms with Gasteiger partial charge in [0.2, 0.25) is 0 Å². The van der Waals surface area contributed by atoms with Crippen LogP contribution in [0.4, 0.5) is 0 Å². The summed E-state index contributed by atoms with van der Waals surface area (Å²) in [5.41, 5.74) is 0.145. The maximum Gasteiger partial charge on any atom is 0.338 e. The molecule has 1 atom stereocenters. The van der Waals surface area contributed by atoms with Crippen LogP contribution >= 0.6 is 7.60 Å². The lowest BCUT2D eigenvalue weighted by molar-refractivity contribution is 0.236. The molecule has 5 heteroatoms. The van der Waals surface area contributed by atoms with E-state index in [1.807, 2.05) is 20.8 Å². The molecule has 102 valence electrons. The highest BCUT2D eigenvalue weighted by atomic mass is 31.2. The summed E-state index contributed by atoms with van der Waals surface area (Å²) in [5, 5.41) is 9.33. The van der Waals surface area contributed by atoms with Crippen LogP contribution in [0, 0.1) is 5.41 Å². The van der Waals surface area contributed by atoms with Gasteiger partial charge in [-0.2, -0.15) is 0 Å². The van der Waals surface area contributed by atoms with Crippen molar-refractivity contribution in [2.75, 3.05) is 14.2 Å². The van der Waals surface area contributed by atoms with E-state index in [4.69, 9.17) is 9.05 Å². The van der Waals surface area contributed by atoms with Gasteiger partial charge in [0.1, 0.15) is 5.75 Å². The Morgan fingerprint density at radius 3 is 1.89 bits per heavy atom. The van der Waals surface area contributed by atoms with E-state index in [1.54, 1.807) is 24.3 Å². The van der Waals surface area contributed by atoms with Crippen LogP contribution in [0.2, 0.25) is 0 Å². The first kappa shape index (κ1) is 15.2. The summed E-state index contributed by atoms with van der Waals surface area (Å²) in [7, 11) is -0.447. The highest BCUT2D eigenvalue weighted by molar-refractivity contribution is 7.54. The normalized spacial score (nSPS) is 14.5. The molecule has 4 nitrogen and oxygen atoms in total. The van der Waals surface area contributed by atoms with Crippen LogP contribution in [-0.4, -0.2) is 19.3 Å². The van der Waals surface area contributed by atoms with Gasteiger partial charge in [-0.05, 0) is 23.1 Å². The van der Waals surface area contributed by atoms with E-state index in [9.17, 15) is 9.67 Å². The average molecular weight is 272 g/mol. The smallest absolute Gasteiger partial charge is 0.338 e. The van der Waals surface area contributed by atoms with E-state index in [-0.39, 0.29) is 16.8 Å². The summed E-state index contributed by atoms with van der Waals surface area (Å²) in [6.45, 7) is 5.94. The fraction of sp³-hybridized carbons (Fsp3) is 0.538. The molecule has 0 bridgehead atoms. The highest BCUT2D eigenvalue weighted by Gasteiger charge is 2.43. The van der Waals surface area contributed by atoms with Crippen molar-refractivity contribution >= 4 is 7.60 Å². The molecule has 0 aromatic heterocycles. The second kappa shape index (κ2) is 5.43. The van der Waals surface area contributed by atoms with Gasteiger partial charge >= 0.3 is 7.60 Å². The molecule has 1 unspecified atom stereocenters. The molecule has 0 saturated carbocycles. The molecular formula is C13H21O4P. The fourth-order valence-corrected chi connectivity index (χ4v) is 4.16. The molecule has 0 aliphatic rings. The van der Waals surface area contributed by atoms with Gasteiger partial charge in [-0.15, -0.1) is 0 Å². The zero-order chi connectivity index (χ0) is 14.0. The average Bonchev–Trinajstić information content (AvgIpc) is 2.30. The molecule has 0 saturated heterocycles. The van der Waals surface area contributed by atoms with E-state index in [1.165, 1.54) is 14.2 Å². The van der Waals surface area contributed by atoms with Crippen LogP contribution in [0.15, 0.2) is 24.3 Å². The molecule has 1 aromatic carbocycles. The summed E-state index contributed by atoms with van der Waals surface area (Å²) >= 11 is 0. The van der Waals surface area contributed by atoms with Gasteiger partial charge in [-0.25, -0.2) is 0 Å². The number of aromatic hydroxyl groups is 1. The van der Waals surface area contributed by atoms with E-state index in [2.05, 4.69) is 0 Å². The zero-order valence-electron chi connectivity index (χ0n) is 11.5. The summed E-state index contributed by atoms with van der Waals surface area (Å²) < 4.78 is 22.9. The van der Waals surface area contributed by atoms with E-state index < -0.39 is 7.60 Å². The molecule has 0 heterocycles. The van der Waals surface area contributed by atoms with Crippen molar-refractivity contribution in [3.05, 3.63) is 29.8 Å². The second-order valence-corrected chi connectivity index (χ2v) is 7.59. The highest BCUT2D eigenvalue weighted by Crippen LogP contribution is 2.66. The standard InChI is InChI=1S/C13H21O4P/c1-13(2,3)12(18(15,16-4)17-5)10-6-8-11(14)9-7-10/h6-9,12,14H,1-5H3. The third kappa shape index (κ3) is 3.14. The molecule has 18 heavy (non-hydrogen) atoms. The minimum atomic E-state index is -3.23. The van der Waals surface area contributed by atoms with Crippen LogP contribution in [0.25, 0.3) is 0 Å². The van der Waals surface area contributed by atoms with Gasteiger partial charge in [0.25, 0.3) is 0 Å². The predicted molar refractivity (Wildman–Crippen MR) is 71.9 cm³/mol. The van der Waals surface area contributed by atoms with Gasteiger partial charge in [0, 0.05) is 14.2 Å². The summed E-state index contributed by atoms with van der Waals surface area (Å²) in [4.78, 5) is 0. The van der Waals surface area contributed by atoms with Crippen LogP contribution in [0.1, 0.15) is 32.0 Å². The van der Waals surface area contributed by atoms with E-state index >= 15 is 0 Å². The first-order valence-electron chi connectivity index (χ1n) is 5.74. The van der Waals surface area contributed by atoms with Gasteiger partial charge in [0.05, 0.1) is 5.66 Å². The Labute approximate surface area is 108 Å². The van der Waals surface area contributed by atoms with Crippen LogP contribution in [0.5, 0.6) is 5.75 Å². The van der Waals surface area contributed by atoms with Crippen molar-refractivity contribution in [2.45, 2.75) is 26.4 Å². The van der Waals surface area contributed by atoms with Gasteiger partial charge in [-0.3, -0.25) is 4.57 Å². The molecule has 0 fully saturated rings. The number of benzene rings is 1. The van der Waals surface area contributed by atoms with Crippen molar-refractivity contribution in [3.63, 3.8) is 0 Å². The molecule has 1 rings (SSSR count). The van der Waals surface area contributed by atoms with Crippen molar-refractivity contribution in [1.29, 1.82) is 0 Å². The number of phenolic OH excluding ortho intramolecular Hbond substituents is 1. The predicted octanol–water partition coefficient (Wildman–Crippen LogP) is 3.97. The summed E-state index contributed by atoms with van der Waals surface area (Å²) in [6.07, 6.45) is 0. The molecule has 1 aromatic rings. The lowest BCUT2D eigenvalue weighted by Gasteiger charge is -2.34. The fourth-order valence-electron chi connectivity index (χ4n) is 2.10. The lowest BCUT2D eigenvalue weighted by Crippen LogP contribution is -2.20. The topological polar surface area (TPSA) is 55.8 Å². The third-order valence-corrected chi connectivity index (χ3v) is 5.58. The van der Waals surface area contributed by atoms with Gasteiger partial charge < -0.3 is 14.2 Å². The number of phenols is 1. The SMILES string of the molecule is COP(=O)(OC)C(c1ccc(O)cc1)C(C)(C)C. The second-order valence-electron chi connectivity index (χ2n) is 5.27.